The second-order valence-electron chi connectivity index (χ2n) is 5.22. The van der Waals surface area contributed by atoms with Crippen LogP contribution in [0.15, 0.2) is 53.0 Å². The lowest BCUT2D eigenvalue weighted by Gasteiger charge is -2.18. The first-order valence-electron chi connectivity index (χ1n) is 7.47. The molecule has 2 rings (SSSR count). The van der Waals surface area contributed by atoms with Crippen molar-refractivity contribution in [1.82, 2.24) is 4.90 Å². The van der Waals surface area contributed by atoms with Crippen molar-refractivity contribution < 1.29 is 23.5 Å². The van der Waals surface area contributed by atoms with Gasteiger partial charge < -0.3 is 14.4 Å². The van der Waals surface area contributed by atoms with Crippen molar-refractivity contribution >= 4 is 27.8 Å². The molecular weight excluding hydrogens is 393 g/mol. The third-order valence-corrected chi connectivity index (χ3v) is 4.10. The molecule has 0 heterocycles. The highest BCUT2D eigenvalue weighted by molar-refractivity contribution is 9.10. The number of ether oxygens (including phenoxy) is 2. The van der Waals surface area contributed by atoms with Gasteiger partial charge in [0.1, 0.15) is 0 Å². The Morgan fingerprint density at radius 1 is 1.08 bits per heavy atom. The molecule has 5 nitrogen and oxygen atoms in total. The highest BCUT2D eigenvalue weighted by Gasteiger charge is 2.14. The number of carbonyl (C=O) groups is 2. The molecule has 0 spiro atoms. The van der Waals surface area contributed by atoms with Crippen molar-refractivity contribution in [3.05, 3.63) is 64.4 Å². The fraction of sp³-hybridized carbons (Fsp3) is 0.222. The predicted molar refractivity (Wildman–Crippen MR) is 93.5 cm³/mol. The molecule has 25 heavy (non-hydrogen) atoms. The molecule has 0 bridgehead atoms. The summed E-state index contributed by atoms with van der Waals surface area (Å²) in [5.41, 5.74) is 0.938. The van der Waals surface area contributed by atoms with E-state index in [1.165, 1.54) is 23.1 Å². The summed E-state index contributed by atoms with van der Waals surface area (Å²) in [6.45, 7) is -0.494. The standard InChI is InChI=1S/C18H17BrFNO4/c1-21(10-13-6-2-3-7-14(13)19)17(22)11-25-18(23)12-24-16-9-5-4-8-15(16)20/h2-9H,10-12H2,1H3. The fourth-order valence-corrected chi connectivity index (χ4v) is 2.37. The van der Waals surface area contributed by atoms with E-state index in [0.29, 0.717) is 6.54 Å². The molecule has 0 fully saturated rings. The summed E-state index contributed by atoms with van der Waals surface area (Å²) in [5.74, 6) is -1.71. The normalized spacial score (nSPS) is 10.2. The lowest BCUT2D eigenvalue weighted by molar-refractivity contribution is -0.153. The zero-order valence-electron chi connectivity index (χ0n) is 13.6. The number of carbonyl (C=O) groups excluding carboxylic acids is 2. The number of benzene rings is 2. The van der Waals surface area contributed by atoms with Crippen molar-refractivity contribution in [2.75, 3.05) is 20.3 Å². The summed E-state index contributed by atoms with van der Waals surface area (Å²) in [6, 6.07) is 13.3. The van der Waals surface area contributed by atoms with Gasteiger partial charge in [-0.1, -0.05) is 46.3 Å². The van der Waals surface area contributed by atoms with E-state index < -0.39 is 25.0 Å². The number of nitrogens with zero attached hydrogens (tertiary/aromatic N) is 1. The Morgan fingerprint density at radius 3 is 2.48 bits per heavy atom. The maximum atomic E-state index is 13.4. The van der Waals surface area contributed by atoms with Gasteiger partial charge in [0.15, 0.2) is 24.8 Å². The van der Waals surface area contributed by atoms with E-state index in [0.717, 1.165) is 10.0 Å². The highest BCUT2D eigenvalue weighted by atomic mass is 79.9. The number of amides is 1. The molecule has 0 unspecified atom stereocenters. The molecule has 0 aliphatic heterocycles. The summed E-state index contributed by atoms with van der Waals surface area (Å²) in [5, 5.41) is 0. The maximum Gasteiger partial charge on any atom is 0.344 e. The summed E-state index contributed by atoms with van der Waals surface area (Å²) < 4.78 is 24.1. The Labute approximate surface area is 153 Å². The molecule has 0 saturated heterocycles. The molecular formula is C18H17BrFNO4. The summed E-state index contributed by atoms with van der Waals surface area (Å²) in [4.78, 5) is 25.1. The van der Waals surface area contributed by atoms with Crippen molar-refractivity contribution in [1.29, 1.82) is 0 Å². The van der Waals surface area contributed by atoms with Crippen molar-refractivity contribution in [2.45, 2.75) is 6.54 Å². The Kier molecular flexibility index (Phi) is 6.94. The van der Waals surface area contributed by atoms with Crippen LogP contribution in [-0.4, -0.2) is 37.0 Å². The van der Waals surface area contributed by atoms with Gasteiger partial charge in [0, 0.05) is 18.1 Å². The first kappa shape index (κ1) is 18.9. The quantitative estimate of drug-likeness (QED) is 0.659. The van der Waals surface area contributed by atoms with Crippen LogP contribution in [0.25, 0.3) is 0 Å². The highest BCUT2D eigenvalue weighted by Crippen LogP contribution is 2.17. The molecule has 0 radical (unpaired) electrons. The van der Waals surface area contributed by atoms with Crippen LogP contribution < -0.4 is 4.74 Å². The van der Waals surface area contributed by atoms with Gasteiger partial charge in [-0.3, -0.25) is 4.79 Å². The fourth-order valence-electron chi connectivity index (χ4n) is 1.96. The molecule has 0 atom stereocenters. The van der Waals surface area contributed by atoms with Gasteiger partial charge in [-0.25, -0.2) is 9.18 Å². The van der Waals surface area contributed by atoms with E-state index in [4.69, 9.17) is 9.47 Å². The van der Waals surface area contributed by atoms with Crippen LogP contribution in [0.4, 0.5) is 4.39 Å². The van der Waals surface area contributed by atoms with Crippen LogP contribution in [0, 0.1) is 5.82 Å². The average Bonchev–Trinajstić information content (AvgIpc) is 2.60. The molecule has 2 aromatic rings. The van der Waals surface area contributed by atoms with Crippen LogP contribution >= 0.6 is 15.9 Å². The van der Waals surface area contributed by atoms with Crippen LogP contribution in [0.5, 0.6) is 5.75 Å². The second-order valence-corrected chi connectivity index (χ2v) is 6.08. The molecule has 0 aliphatic rings. The number of halogens is 2. The lowest BCUT2D eigenvalue weighted by atomic mass is 10.2. The zero-order valence-corrected chi connectivity index (χ0v) is 15.2. The van der Waals surface area contributed by atoms with E-state index in [2.05, 4.69) is 15.9 Å². The smallest absolute Gasteiger partial charge is 0.344 e. The van der Waals surface area contributed by atoms with Gasteiger partial charge in [-0.15, -0.1) is 0 Å². The molecule has 7 heteroatoms. The third-order valence-electron chi connectivity index (χ3n) is 3.33. The summed E-state index contributed by atoms with van der Waals surface area (Å²) in [7, 11) is 1.62. The molecule has 0 aromatic heterocycles. The van der Waals surface area contributed by atoms with Crippen LogP contribution in [0.1, 0.15) is 5.56 Å². The van der Waals surface area contributed by atoms with Crippen LogP contribution in [0.2, 0.25) is 0 Å². The van der Waals surface area contributed by atoms with E-state index >= 15 is 0 Å². The first-order valence-corrected chi connectivity index (χ1v) is 8.27. The zero-order chi connectivity index (χ0) is 18.2. The van der Waals surface area contributed by atoms with Gasteiger partial charge in [-0.05, 0) is 23.8 Å². The summed E-state index contributed by atoms with van der Waals surface area (Å²) >= 11 is 3.41. The molecule has 132 valence electrons. The van der Waals surface area contributed by atoms with E-state index in [-0.39, 0.29) is 11.7 Å². The Hall–Kier alpha value is -2.41. The Morgan fingerprint density at radius 2 is 1.76 bits per heavy atom. The van der Waals surface area contributed by atoms with Crippen molar-refractivity contribution in [3.63, 3.8) is 0 Å². The number of para-hydroxylation sites is 1. The van der Waals surface area contributed by atoms with Crippen LogP contribution in [-0.2, 0) is 20.9 Å². The SMILES string of the molecule is CN(Cc1ccccc1Br)C(=O)COC(=O)COc1ccccc1F. The van der Waals surface area contributed by atoms with Crippen molar-refractivity contribution in [2.24, 2.45) is 0 Å². The topological polar surface area (TPSA) is 55.8 Å². The van der Waals surface area contributed by atoms with E-state index in [1.807, 2.05) is 24.3 Å². The van der Waals surface area contributed by atoms with E-state index in [1.54, 1.807) is 13.1 Å². The minimum absolute atomic E-state index is 0.0446. The monoisotopic (exact) mass is 409 g/mol. The number of rotatable bonds is 7. The predicted octanol–water partition coefficient (Wildman–Crippen LogP) is 3.17. The average molecular weight is 410 g/mol. The molecule has 0 saturated carbocycles. The van der Waals surface area contributed by atoms with Gasteiger partial charge in [0.05, 0.1) is 0 Å². The second kappa shape index (κ2) is 9.17. The van der Waals surface area contributed by atoms with Gasteiger partial charge in [-0.2, -0.15) is 0 Å². The number of hydrogen-bond donors (Lipinski definition) is 0. The minimum atomic E-state index is -0.745. The van der Waals surface area contributed by atoms with Crippen LogP contribution in [0.3, 0.4) is 0 Å². The summed E-state index contributed by atoms with van der Waals surface area (Å²) in [6.07, 6.45) is 0. The third kappa shape index (κ3) is 5.86. The lowest BCUT2D eigenvalue weighted by Crippen LogP contribution is -2.31. The van der Waals surface area contributed by atoms with Gasteiger partial charge in [0.2, 0.25) is 0 Å². The molecule has 0 aliphatic carbocycles. The van der Waals surface area contributed by atoms with E-state index in [9.17, 15) is 14.0 Å². The largest absolute Gasteiger partial charge is 0.479 e. The first-order chi connectivity index (χ1) is 12.0. The number of hydrogen-bond acceptors (Lipinski definition) is 4. The Bertz CT molecular complexity index is 753. The van der Waals surface area contributed by atoms with Crippen molar-refractivity contribution in [3.8, 4) is 5.75 Å². The maximum absolute atomic E-state index is 13.4. The van der Waals surface area contributed by atoms with Gasteiger partial charge in [0.25, 0.3) is 5.91 Å². The number of esters is 1. The molecule has 0 N–H and O–H groups in total. The van der Waals surface area contributed by atoms with Gasteiger partial charge >= 0.3 is 5.97 Å². The number of likely N-dealkylation sites (N-methyl/N-ethyl adjacent to an activating group) is 1. The molecule has 2 aromatic carbocycles. The molecule has 1 amide bonds. The minimum Gasteiger partial charge on any atom is -0.479 e. The Balaban J connectivity index is 1.76.